The third-order valence-electron chi connectivity index (χ3n) is 1.80. The molecule has 1 aliphatic rings. The van der Waals surface area contributed by atoms with Gasteiger partial charge in [-0.15, -0.1) is 0 Å². The van der Waals surface area contributed by atoms with E-state index in [2.05, 4.69) is 10.6 Å². The molecule has 1 atom stereocenters. The van der Waals surface area contributed by atoms with E-state index in [4.69, 9.17) is 5.73 Å². The molecule has 2 amide bonds. The Morgan fingerprint density at radius 3 is 2.83 bits per heavy atom. The fourth-order valence-corrected chi connectivity index (χ4v) is 1.20. The molecule has 1 radical (unpaired) electrons. The fourth-order valence-electron chi connectivity index (χ4n) is 1.20. The molecule has 1 heterocycles. The Hall–Kier alpha value is -1.10. The highest BCUT2D eigenvalue weighted by Gasteiger charge is 2.21. The first-order valence-corrected chi connectivity index (χ1v) is 3.95. The van der Waals surface area contributed by atoms with Crippen molar-refractivity contribution in [3.63, 3.8) is 0 Å². The van der Waals surface area contributed by atoms with E-state index in [1.807, 2.05) is 0 Å². The van der Waals surface area contributed by atoms with Crippen LogP contribution in [0.5, 0.6) is 0 Å². The van der Waals surface area contributed by atoms with E-state index < -0.39 is 5.91 Å². The Labute approximate surface area is 70.7 Å². The summed E-state index contributed by atoms with van der Waals surface area (Å²) >= 11 is 0. The molecule has 12 heavy (non-hydrogen) atoms. The summed E-state index contributed by atoms with van der Waals surface area (Å²) in [5, 5.41) is 5.38. The van der Waals surface area contributed by atoms with Gasteiger partial charge in [0.1, 0.15) is 0 Å². The van der Waals surface area contributed by atoms with E-state index >= 15 is 0 Å². The summed E-state index contributed by atoms with van der Waals surface area (Å²) in [4.78, 5) is 21.3. The molecule has 3 N–H and O–H groups in total. The molecule has 67 valence electrons. The van der Waals surface area contributed by atoms with Crippen LogP contribution in [0.15, 0.2) is 0 Å². The zero-order valence-corrected chi connectivity index (χ0v) is 6.72. The zero-order chi connectivity index (χ0) is 8.97. The Balaban J connectivity index is 2.23. The molecule has 1 rings (SSSR count). The first-order valence-electron chi connectivity index (χ1n) is 3.95. The molecular formula is C7H12N3O2. The monoisotopic (exact) mass is 170 g/mol. The van der Waals surface area contributed by atoms with Gasteiger partial charge in [0, 0.05) is 0 Å². The summed E-state index contributed by atoms with van der Waals surface area (Å²) in [7, 11) is 0. The third-order valence-corrected chi connectivity index (χ3v) is 1.80. The average Bonchev–Trinajstić information content (AvgIpc) is 2.51. The third kappa shape index (κ3) is 2.50. The van der Waals surface area contributed by atoms with E-state index in [1.165, 1.54) is 0 Å². The summed E-state index contributed by atoms with van der Waals surface area (Å²) in [6.45, 7) is 0.671. The van der Waals surface area contributed by atoms with E-state index in [-0.39, 0.29) is 18.5 Å². The van der Waals surface area contributed by atoms with Crippen LogP contribution in [0.3, 0.4) is 0 Å². The van der Waals surface area contributed by atoms with Gasteiger partial charge in [-0.05, 0) is 19.4 Å². The highest BCUT2D eigenvalue weighted by atomic mass is 16.2. The van der Waals surface area contributed by atoms with Crippen molar-refractivity contribution in [3.05, 3.63) is 0 Å². The van der Waals surface area contributed by atoms with Crippen LogP contribution in [0.1, 0.15) is 12.8 Å². The molecule has 0 aliphatic carbocycles. The SMILES string of the molecule is [NH]C(=O)CNC(=O)[C@@H]1CCCN1. The van der Waals surface area contributed by atoms with Crippen LogP contribution < -0.4 is 16.4 Å². The maximum Gasteiger partial charge on any atom is 0.257 e. The van der Waals surface area contributed by atoms with E-state index in [1.54, 1.807) is 0 Å². The lowest BCUT2D eigenvalue weighted by Crippen LogP contribution is -2.42. The molecule has 0 bridgehead atoms. The molecule has 0 unspecified atom stereocenters. The number of hydrogen-bond donors (Lipinski definition) is 2. The van der Waals surface area contributed by atoms with Gasteiger partial charge in [0.25, 0.3) is 5.91 Å². The average molecular weight is 170 g/mol. The predicted molar refractivity (Wildman–Crippen MR) is 42.1 cm³/mol. The maximum atomic E-state index is 11.1. The molecule has 1 aliphatic heterocycles. The molecule has 0 spiro atoms. The van der Waals surface area contributed by atoms with Crippen LogP contribution in [-0.2, 0) is 9.59 Å². The Kier molecular flexibility index (Phi) is 3.04. The van der Waals surface area contributed by atoms with Crippen molar-refractivity contribution in [1.82, 2.24) is 16.4 Å². The number of amides is 2. The molecule has 0 aromatic carbocycles. The molecule has 1 fully saturated rings. The largest absolute Gasteiger partial charge is 0.346 e. The Bertz CT molecular complexity index is 187. The van der Waals surface area contributed by atoms with Crippen molar-refractivity contribution < 1.29 is 9.59 Å². The van der Waals surface area contributed by atoms with Crippen LogP contribution in [0.25, 0.3) is 0 Å². The number of nitrogens with one attached hydrogen (secondary N) is 3. The second-order valence-electron chi connectivity index (χ2n) is 2.79. The highest BCUT2D eigenvalue weighted by molar-refractivity contribution is 5.86. The summed E-state index contributed by atoms with van der Waals surface area (Å²) < 4.78 is 0. The number of carbonyl (C=O) groups excluding carboxylic acids is 2. The summed E-state index contributed by atoms with van der Waals surface area (Å²) in [5.74, 6) is -0.936. The van der Waals surface area contributed by atoms with Gasteiger partial charge in [-0.25, -0.2) is 0 Å². The lowest BCUT2D eigenvalue weighted by Gasteiger charge is -2.08. The van der Waals surface area contributed by atoms with Gasteiger partial charge < -0.3 is 10.6 Å². The van der Waals surface area contributed by atoms with Crippen LogP contribution in [-0.4, -0.2) is 30.9 Å². The maximum absolute atomic E-state index is 11.1. The van der Waals surface area contributed by atoms with E-state index in [9.17, 15) is 9.59 Å². The molecule has 5 nitrogen and oxygen atoms in total. The zero-order valence-electron chi connectivity index (χ0n) is 6.72. The minimum absolute atomic E-state index is 0.163. The normalized spacial score (nSPS) is 22.2. The standard InChI is InChI=1S/C7H12N3O2/c8-6(11)4-10-7(12)5-2-1-3-9-5/h5,8-9H,1-4H2,(H,10,12)/t5-/m0/s1. The van der Waals surface area contributed by atoms with Crippen LogP contribution in [0, 0.1) is 0 Å². The van der Waals surface area contributed by atoms with Gasteiger partial charge in [0.05, 0.1) is 12.6 Å². The number of rotatable bonds is 3. The van der Waals surface area contributed by atoms with Crippen molar-refractivity contribution in [3.8, 4) is 0 Å². The van der Waals surface area contributed by atoms with E-state index in [0.29, 0.717) is 0 Å². The fraction of sp³-hybridized carbons (Fsp3) is 0.714. The Morgan fingerprint density at radius 1 is 1.58 bits per heavy atom. The van der Waals surface area contributed by atoms with Crippen LogP contribution in [0.2, 0.25) is 0 Å². The van der Waals surface area contributed by atoms with Gasteiger partial charge in [-0.3, -0.25) is 15.3 Å². The Morgan fingerprint density at radius 2 is 2.33 bits per heavy atom. The number of carbonyl (C=O) groups is 2. The van der Waals surface area contributed by atoms with Crippen molar-refractivity contribution in [1.29, 1.82) is 0 Å². The minimum Gasteiger partial charge on any atom is -0.346 e. The topological polar surface area (TPSA) is 82.0 Å². The molecule has 0 saturated carbocycles. The predicted octanol–water partition coefficient (Wildman–Crippen LogP) is -1.34. The van der Waals surface area contributed by atoms with Crippen LogP contribution >= 0.6 is 0 Å². The quantitative estimate of drug-likeness (QED) is 0.550. The molecule has 0 aromatic rings. The lowest BCUT2D eigenvalue weighted by atomic mass is 10.2. The lowest BCUT2D eigenvalue weighted by molar-refractivity contribution is -0.126. The van der Waals surface area contributed by atoms with Gasteiger partial charge in [0.2, 0.25) is 5.91 Å². The molecule has 5 heteroatoms. The summed E-state index contributed by atoms with van der Waals surface area (Å²) in [6, 6.07) is -0.163. The van der Waals surface area contributed by atoms with Gasteiger partial charge in [-0.1, -0.05) is 0 Å². The second kappa shape index (κ2) is 4.06. The number of hydrogen-bond acceptors (Lipinski definition) is 3. The molecular weight excluding hydrogens is 158 g/mol. The van der Waals surface area contributed by atoms with Crippen molar-refractivity contribution >= 4 is 11.8 Å². The first kappa shape index (κ1) is 8.99. The van der Waals surface area contributed by atoms with Gasteiger partial charge in [-0.2, -0.15) is 0 Å². The minimum atomic E-state index is -0.763. The van der Waals surface area contributed by atoms with Crippen molar-refractivity contribution in [2.45, 2.75) is 18.9 Å². The second-order valence-corrected chi connectivity index (χ2v) is 2.79. The summed E-state index contributed by atoms with van der Waals surface area (Å²) in [5.41, 5.74) is 6.57. The van der Waals surface area contributed by atoms with Crippen LogP contribution in [0.4, 0.5) is 0 Å². The highest BCUT2D eigenvalue weighted by Crippen LogP contribution is 2.03. The van der Waals surface area contributed by atoms with Gasteiger partial charge >= 0.3 is 0 Å². The van der Waals surface area contributed by atoms with Crippen molar-refractivity contribution in [2.75, 3.05) is 13.1 Å². The smallest absolute Gasteiger partial charge is 0.257 e. The molecule has 0 aromatic heterocycles. The summed E-state index contributed by atoms with van der Waals surface area (Å²) in [6.07, 6.45) is 1.81. The van der Waals surface area contributed by atoms with Gasteiger partial charge in [0.15, 0.2) is 0 Å². The molecule has 1 saturated heterocycles. The van der Waals surface area contributed by atoms with E-state index in [0.717, 1.165) is 19.4 Å². The first-order chi connectivity index (χ1) is 5.70. The van der Waals surface area contributed by atoms with Crippen molar-refractivity contribution in [2.24, 2.45) is 0 Å².